The molecule has 96 valence electrons. The van der Waals surface area contributed by atoms with Crippen LogP contribution in [-0.4, -0.2) is 11.7 Å². The number of aliphatic hydroxyl groups excluding tert-OH is 1. The molecule has 0 saturated carbocycles. The van der Waals surface area contributed by atoms with Gasteiger partial charge in [-0.05, 0) is 42.0 Å². The summed E-state index contributed by atoms with van der Waals surface area (Å²) in [6.07, 6.45) is -0.601. The highest BCUT2D eigenvalue weighted by Gasteiger charge is 2.06. The first-order valence-corrected chi connectivity index (χ1v) is 5.96. The summed E-state index contributed by atoms with van der Waals surface area (Å²) in [4.78, 5) is 0. The molecule has 2 aromatic rings. The zero-order valence-electron chi connectivity index (χ0n) is 10.4. The number of aliphatic hydroxyl groups is 1. The molecule has 1 unspecified atom stereocenters. The van der Waals surface area contributed by atoms with E-state index in [-0.39, 0.29) is 0 Å². The van der Waals surface area contributed by atoms with Gasteiger partial charge in [-0.2, -0.15) is 5.26 Å². The van der Waals surface area contributed by atoms with Gasteiger partial charge in [-0.1, -0.05) is 12.1 Å². The normalized spacial score (nSPS) is 11.6. The molecule has 0 amide bonds. The van der Waals surface area contributed by atoms with Crippen LogP contribution in [0.1, 0.15) is 17.2 Å². The van der Waals surface area contributed by atoms with Crippen LogP contribution in [-0.2, 0) is 0 Å². The summed E-state index contributed by atoms with van der Waals surface area (Å²) in [6.45, 7) is 0.399. The molecule has 0 spiro atoms. The van der Waals surface area contributed by atoms with Gasteiger partial charge < -0.3 is 16.2 Å². The van der Waals surface area contributed by atoms with E-state index in [9.17, 15) is 5.11 Å². The monoisotopic (exact) mass is 253 g/mol. The molecule has 0 aliphatic heterocycles. The van der Waals surface area contributed by atoms with E-state index in [1.54, 1.807) is 36.4 Å². The Balaban J connectivity index is 1.94. The fraction of sp³-hybridized carbons (Fsp3) is 0.133. The molecular formula is C15H15N3O. The Morgan fingerprint density at radius 3 is 2.32 bits per heavy atom. The molecule has 0 saturated heterocycles. The topological polar surface area (TPSA) is 82.1 Å². The summed E-state index contributed by atoms with van der Waals surface area (Å²) in [7, 11) is 0. The first kappa shape index (κ1) is 12.9. The second-order valence-electron chi connectivity index (χ2n) is 4.25. The van der Waals surface area contributed by atoms with E-state index in [1.807, 2.05) is 12.1 Å². The molecular weight excluding hydrogens is 238 g/mol. The van der Waals surface area contributed by atoms with Crippen molar-refractivity contribution in [3.8, 4) is 6.07 Å². The highest BCUT2D eigenvalue weighted by atomic mass is 16.3. The van der Waals surface area contributed by atoms with Gasteiger partial charge in [-0.3, -0.25) is 0 Å². The second kappa shape index (κ2) is 5.89. The number of anilines is 2. The van der Waals surface area contributed by atoms with Gasteiger partial charge in [-0.15, -0.1) is 0 Å². The van der Waals surface area contributed by atoms with Crippen molar-refractivity contribution in [1.29, 1.82) is 5.26 Å². The lowest BCUT2D eigenvalue weighted by Gasteiger charge is -2.13. The van der Waals surface area contributed by atoms with Gasteiger partial charge in [0.05, 0.1) is 17.7 Å². The van der Waals surface area contributed by atoms with Crippen LogP contribution in [0.4, 0.5) is 11.4 Å². The zero-order chi connectivity index (χ0) is 13.7. The molecule has 0 radical (unpaired) electrons. The Hall–Kier alpha value is -2.51. The van der Waals surface area contributed by atoms with Crippen molar-refractivity contribution in [3.63, 3.8) is 0 Å². The maximum absolute atomic E-state index is 10.0. The van der Waals surface area contributed by atoms with Crippen molar-refractivity contribution in [2.45, 2.75) is 6.10 Å². The molecule has 0 fully saturated rings. The number of nitrogen functional groups attached to an aromatic ring is 1. The summed E-state index contributed by atoms with van der Waals surface area (Å²) < 4.78 is 0. The minimum Gasteiger partial charge on any atom is -0.399 e. The van der Waals surface area contributed by atoms with E-state index in [4.69, 9.17) is 11.0 Å². The lowest BCUT2D eigenvalue weighted by atomic mass is 10.1. The molecule has 4 N–H and O–H groups in total. The van der Waals surface area contributed by atoms with Crippen LogP contribution in [0, 0.1) is 11.3 Å². The molecule has 2 rings (SSSR count). The van der Waals surface area contributed by atoms with E-state index < -0.39 is 6.10 Å². The van der Waals surface area contributed by atoms with Crippen molar-refractivity contribution < 1.29 is 5.11 Å². The van der Waals surface area contributed by atoms with E-state index in [0.717, 1.165) is 11.3 Å². The maximum atomic E-state index is 10.0. The van der Waals surface area contributed by atoms with Gasteiger partial charge in [0.1, 0.15) is 0 Å². The molecule has 19 heavy (non-hydrogen) atoms. The number of hydrogen-bond acceptors (Lipinski definition) is 4. The molecule has 4 heteroatoms. The van der Waals surface area contributed by atoms with Gasteiger partial charge in [0.2, 0.25) is 0 Å². The Labute approximate surface area is 112 Å². The minimum absolute atomic E-state index is 0.399. The van der Waals surface area contributed by atoms with Crippen molar-refractivity contribution in [1.82, 2.24) is 0 Å². The average Bonchev–Trinajstić information content (AvgIpc) is 2.46. The van der Waals surface area contributed by atoms with Crippen LogP contribution >= 0.6 is 0 Å². The Kier molecular flexibility index (Phi) is 4.01. The van der Waals surface area contributed by atoms with Crippen LogP contribution < -0.4 is 11.1 Å². The van der Waals surface area contributed by atoms with Gasteiger partial charge in [0.25, 0.3) is 0 Å². The van der Waals surface area contributed by atoms with Crippen molar-refractivity contribution in [2.24, 2.45) is 0 Å². The molecule has 0 aromatic heterocycles. The number of nitrogens with zero attached hydrogens (tertiary/aromatic N) is 1. The number of nitrogens with one attached hydrogen (secondary N) is 1. The maximum Gasteiger partial charge on any atom is 0.0991 e. The van der Waals surface area contributed by atoms with Crippen molar-refractivity contribution in [2.75, 3.05) is 17.6 Å². The first-order chi connectivity index (χ1) is 9.19. The largest absolute Gasteiger partial charge is 0.399 e. The number of nitriles is 1. The summed E-state index contributed by atoms with van der Waals surface area (Å²) in [5, 5.41) is 21.8. The van der Waals surface area contributed by atoms with Gasteiger partial charge >= 0.3 is 0 Å². The van der Waals surface area contributed by atoms with E-state index in [1.165, 1.54) is 0 Å². The lowest BCUT2D eigenvalue weighted by molar-refractivity contribution is 0.191. The number of hydrogen-bond donors (Lipinski definition) is 3. The Morgan fingerprint density at radius 2 is 1.74 bits per heavy atom. The smallest absolute Gasteiger partial charge is 0.0991 e. The van der Waals surface area contributed by atoms with Crippen molar-refractivity contribution >= 4 is 11.4 Å². The Morgan fingerprint density at radius 1 is 1.11 bits per heavy atom. The SMILES string of the molecule is N#Cc1ccc(NCC(O)c2ccc(N)cc2)cc1. The van der Waals surface area contributed by atoms with Gasteiger partial charge in [-0.25, -0.2) is 0 Å². The molecule has 4 nitrogen and oxygen atoms in total. The molecule has 0 heterocycles. The van der Waals surface area contributed by atoms with E-state index in [2.05, 4.69) is 11.4 Å². The Bertz CT molecular complexity index is 570. The number of rotatable bonds is 4. The summed E-state index contributed by atoms with van der Waals surface area (Å²) in [5.74, 6) is 0. The molecule has 1 atom stereocenters. The summed E-state index contributed by atoms with van der Waals surface area (Å²) in [5.41, 5.74) is 8.57. The van der Waals surface area contributed by atoms with Crippen LogP contribution in [0.3, 0.4) is 0 Å². The lowest BCUT2D eigenvalue weighted by Crippen LogP contribution is -2.12. The summed E-state index contributed by atoms with van der Waals surface area (Å²) in [6, 6.07) is 16.3. The third kappa shape index (κ3) is 3.47. The number of benzene rings is 2. The second-order valence-corrected chi connectivity index (χ2v) is 4.25. The fourth-order valence-electron chi connectivity index (χ4n) is 1.71. The van der Waals surface area contributed by atoms with E-state index in [0.29, 0.717) is 17.8 Å². The molecule has 0 aliphatic rings. The van der Waals surface area contributed by atoms with Gasteiger partial charge in [0, 0.05) is 17.9 Å². The first-order valence-electron chi connectivity index (χ1n) is 5.96. The molecule has 0 bridgehead atoms. The van der Waals surface area contributed by atoms with Crippen LogP contribution in [0.2, 0.25) is 0 Å². The molecule has 0 aliphatic carbocycles. The highest BCUT2D eigenvalue weighted by Crippen LogP contribution is 2.16. The summed E-state index contributed by atoms with van der Waals surface area (Å²) >= 11 is 0. The number of nitrogens with two attached hydrogens (primary N) is 1. The highest BCUT2D eigenvalue weighted by molar-refractivity contribution is 5.47. The predicted molar refractivity (Wildman–Crippen MR) is 75.5 cm³/mol. The van der Waals surface area contributed by atoms with Crippen LogP contribution in [0.25, 0.3) is 0 Å². The van der Waals surface area contributed by atoms with E-state index >= 15 is 0 Å². The minimum atomic E-state index is -0.601. The van der Waals surface area contributed by atoms with Crippen LogP contribution in [0.5, 0.6) is 0 Å². The van der Waals surface area contributed by atoms with Crippen LogP contribution in [0.15, 0.2) is 48.5 Å². The average molecular weight is 253 g/mol. The van der Waals surface area contributed by atoms with Gasteiger partial charge in [0.15, 0.2) is 0 Å². The quantitative estimate of drug-likeness (QED) is 0.730. The molecule has 2 aromatic carbocycles. The predicted octanol–water partition coefficient (Wildman–Crippen LogP) is 2.29. The third-order valence-electron chi connectivity index (χ3n) is 2.83. The van der Waals surface area contributed by atoms with Crippen molar-refractivity contribution in [3.05, 3.63) is 59.7 Å². The fourth-order valence-corrected chi connectivity index (χ4v) is 1.71. The zero-order valence-corrected chi connectivity index (χ0v) is 10.4. The standard InChI is InChI=1S/C15H15N3O/c16-9-11-1-7-14(8-2-11)18-10-15(19)12-3-5-13(17)6-4-12/h1-8,15,18-19H,10,17H2. The third-order valence-corrected chi connectivity index (χ3v) is 2.83.